The highest BCUT2D eigenvalue weighted by Gasteiger charge is 2.11. The molecular weight excluding hydrogens is 277 g/mol. The van der Waals surface area contributed by atoms with Crippen LogP contribution in [0.2, 0.25) is 5.02 Å². The number of carbonyl (C=O) groups is 1. The summed E-state index contributed by atoms with van der Waals surface area (Å²) in [7, 11) is 0. The summed E-state index contributed by atoms with van der Waals surface area (Å²) in [4.78, 5) is 12.0. The van der Waals surface area contributed by atoms with Crippen molar-refractivity contribution < 1.29 is 9.18 Å². The SMILES string of the molecule is C[C@@H](NC(=O)Cc1ccccc1Cl)c1ccc(F)cc1. The van der Waals surface area contributed by atoms with Crippen LogP contribution in [-0.2, 0) is 11.2 Å². The van der Waals surface area contributed by atoms with Gasteiger partial charge in [-0.05, 0) is 36.2 Å². The molecule has 2 rings (SSSR count). The fraction of sp³-hybridized carbons (Fsp3) is 0.188. The quantitative estimate of drug-likeness (QED) is 0.909. The number of halogens is 2. The summed E-state index contributed by atoms with van der Waals surface area (Å²) >= 11 is 6.02. The number of benzene rings is 2. The van der Waals surface area contributed by atoms with Crippen molar-refractivity contribution in [2.75, 3.05) is 0 Å². The maximum atomic E-state index is 12.8. The molecule has 2 nitrogen and oxygen atoms in total. The van der Waals surface area contributed by atoms with E-state index in [2.05, 4.69) is 5.32 Å². The summed E-state index contributed by atoms with van der Waals surface area (Å²) < 4.78 is 12.8. The standard InChI is InChI=1S/C16H15ClFNO/c1-11(12-6-8-14(18)9-7-12)19-16(20)10-13-4-2-3-5-15(13)17/h2-9,11H,10H2,1H3,(H,19,20)/t11-/m1/s1. The van der Waals surface area contributed by atoms with Crippen LogP contribution in [0.3, 0.4) is 0 Å². The molecule has 0 spiro atoms. The van der Waals surface area contributed by atoms with Gasteiger partial charge in [-0.25, -0.2) is 4.39 Å². The summed E-state index contributed by atoms with van der Waals surface area (Å²) in [6, 6.07) is 13.2. The van der Waals surface area contributed by atoms with Crippen LogP contribution in [0.1, 0.15) is 24.1 Å². The third kappa shape index (κ3) is 3.81. The van der Waals surface area contributed by atoms with Gasteiger partial charge < -0.3 is 5.32 Å². The molecule has 4 heteroatoms. The highest BCUT2D eigenvalue weighted by atomic mass is 35.5. The third-order valence-electron chi connectivity index (χ3n) is 3.06. The average molecular weight is 292 g/mol. The minimum Gasteiger partial charge on any atom is -0.349 e. The van der Waals surface area contributed by atoms with Gasteiger partial charge in [0.25, 0.3) is 0 Å². The molecule has 2 aromatic rings. The molecule has 1 amide bonds. The zero-order valence-electron chi connectivity index (χ0n) is 11.1. The Balaban J connectivity index is 1.98. The fourth-order valence-corrected chi connectivity index (χ4v) is 2.14. The second-order valence-electron chi connectivity index (χ2n) is 4.61. The monoisotopic (exact) mass is 291 g/mol. The maximum absolute atomic E-state index is 12.8. The zero-order valence-corrected chi connectivity index (χ0v) is 11.8. The second kappa shape index (κ2) is 6.53. The molecule has 0 aliphatic rings. The molecule has 0 saturated carbocycles. The zero-order chi connectivity index (χ0) is 14.5. The van der Waals surface area contributed by atoms with E-state index in [9.17, 15) is 9.18 Å². The molecule has 0 aromatic heterocycles. The van der Waals surface area contributed by atoms with Gasteiger partial charge in [-0.2, -0.15) is 0 Å². The number of nitrogens with one attached hydrogen (secondary N) is 1. The molecule has 0 aliphatic heterocycles. The van der Waals surface area contributed by atoms with Gasteiger partial charge >= 0.3 is 0 Å². The lowest BCUT2D eigenvalue weighted by atomic mass is 10.1. The van der Waals surface area contributed by atoms with Gasteiger partial charge in [0.05, 0.1) is 12.5 Å². The summed E-state index contributed by atoms with van der Waals surface area (Å²) in [5.74, 6) is -0.404. The molecular formula is C16H15ClFNO. The molecule has 0 bridgehead atoms. The Morgan fingerprint density at radius 1 is 1.20 bits per heavy atom. The number of hydrogen-bond donors (Lipinski definition) is 1. The lowest BCUT2D eigenvalue weighted by Gasteiger charge is -2.14. The average Bonchev–Trinajstić information content (AvgIpc) is 2.42. The van der Waals surface area contributed by atoms with Crippen LogP contribution >= 0.6 is 11.6 Å². The number of amides is 1. The van der Waals surface area contributed by atoms with Crippen LogP contribution in [0.5, 0.6) is 0 Å². The molecule has 20 heavy (non-hydrogen) atoms. The van der Waals surface area contributed by atoms with Gasteiger partial charge in [0.2, 0.25) is 5.91 Å². The smallest absolute Gasteiger partial charge is 0.224 e. The van der Waals surface area contributed by atoms with Gasteiger partial charge in [0, 0.05) is 5.02 Å². The normalized spacial score (nSPS) is 11.9. The van der Waals surface area contributed by atoms with Crippen molar-refractivity contribution in [3.05, 3.63) is 70.5 Å². The molecule has 0 unspecified atom stereocenters. The summed E-state index contributed by atoms with van der Waals surface area (Å²) in [5.41, 5.74) is 1.65. The summed E-state index contributed by atoms with van der Waals surface area (Å²) in [6.45, 7) is 1.86. The van der Waals surface area contributed by atoms with E-state index in [-0.39, 0.29) is 24.2 Å². The van der Waals surface area contributed by atoms with Gasteiger partial charge in [-0.15, -0.1) is 0 Å². The Morgan fingerprint density at radius 2 is 1.85 bits per heavy atom. The van der Waals surface area contributed by atoms with E-state index in [1.807, 2.05) is 25.1 Å². The molecule has 0 aliphatic carbocycles. The van der Waals surface area contributed by atoms with Crippen LogP contribution in [0.25, 0.3) is 0 Å². The Morgan fingerprint density at radius 3 is 2.50 bits per heavy atom. The van der Waals surface area contributed by atoms with Gasteiger partial charge in [-0.3, -0.25) is 4.79 Å². The van der Waals surface area contributed by atoms with E-state index in [4.69, 9.17) is 11.6 Å². The second-order valence-corrected chi connectivity index (χ2v) is 5.02. The molecule has 0 radical (unpaired) electrons. The third-order valence-corrected chi connectivity index (χ3v) is 3.43. The molecule has 1 N–H and O–H groups in total. The van der Waals surface area contributed by atoms with Crippen molar-refractivity contribution in [3.8, 4) is 0 Å². The largest absolute Gasteiger partial charge is 0.349 e. The first kappa shape index (κ1) is 14.5. The molecule has 1 atom stereocenters. The lowest BCUT2D eigenvalue weighted by Crippen LogP contribution is -2.28. The van der Waals surface area contributed by atoms with Crippen molar-refractivity contribution in [3.63, 3.8) is 0 Å². The van der Waals surface area contributed by atoms with Crippen molar-refractivity contribution in [2.24, 2.45) is 0 Å². The predicted octanol–water partition coefficient (Wildman–Crippen LogP) is 3.90. The lowest BCUT2D eigenvalue weighted by molar-refractivity contribution is -0.121. The highest BCUT2D eigenvalue weighted by molar-refractivity contribution is 6.31. The molecule has 0 saturated heterocycles. The minimum absolute atomic E-state index is 0.116. The van der Waals surface area contributed by atoms with Gasteiger partial charge in [0.15, 0.2) is 0 Å². The number of hydrogen-bond acceptors (Lipinski definition) is 1. The fourth-order valence-electron chi connectivity index (χ4n) is 1.94. The summed E-state index contributed by atoms with van der Waals surface area (Å²) in [6.07, 6.45) is 0.227. The van der Waals surface area contributed by atoms with Crippen molar-refractivity contribution >= 4 is 17.5 Å². The van der Waals surface area contributed by atoms with Gasteiger partial charge in [-0.1, -0.05) is 41.9 Å². The van der Waals surface area contributed by atoms with Gasteiger partial charge in [0.1, 0.15) is 5.82 Å². The summed E-state index contributed by atoms with van der Waals surface area (Å²) in [5, 5.41) is 3.45. The first-order chi connectivity index (χ1) is 9.56. The maximum Gasteiger partial charge on any atom is 0.224 e. The molecule has 104 valence electrons. The highest BCUT2D eigenvalue weighted by Crippen LogP contribution is 2.17. The predicted molar refractivity (Wildman–Crippen MR) is 78.1 cm³/mol. The van der Waals surface area contributed by atoms with Crippen LogP contribution in [0.4, 0.5) is 4.39 Å². The minimum atomic E-state index is -0.289. The molecule has 0 heterocycles. The Bertz CT molecular complexity index is 598. The first-order valence-corrected chi connectivity index (χ1v) is 6.72. The van der Waals surface area contributed by atoms with E-state index in [0.29, 0.717) is 5.02 Å². The van der Waals surface area contributed by atoms with Crippen LogP contribution in [0, 0.1) is 5.82 Å². The Kier molecular flexibility index (Phi) is 4.74. The van der Waals surface area contributed by atoms with E-state index in [1.54, 1.807) is 18.2 Å². The Labute approximate surface area is 122 Å². The van der Waals surface area contributed by atoms with Crippen molar-refractivity contribution in [1.82, 2.24) is 5.32 Å². The van der Waals surface area contributed by atoms with E-state index in [1.165, 1.54) is 12.1 Å². The van der Waals surface area contributed by atoms with Crippen LogP contribution < -0.4 is 5.32 Å². The number of rotatable bonds is 4. The molecule has 2 aromatic carbocycles. The topological polar surface area (TPSA) is 29.1 Å². The van der Waals surface area contributed by atoms with E-state index < -0.39 is 0 Å². The van der Waals surface area contributed by atoms with Crippen LogP contribution in [0.15, 0.2) is 48.5 Å². The Hall–Kier alpha value is -1.87. The van der Waals surface area contributed by atoms with E-state index >= 15 is 0 Å². The van der Waals surface area contributed by atoms with E-state index in [0.717, 1.165) is 11.1 Å². The first-order valence-electron chi connectivity index (χ1n) is 6.34. The van der Waals surface area contributed by atoms with Crippen LogP contribution in [-0.4, -0.2) is 5.91 Å². The number of carbonyl (C=O) groups excluding carboxylic acids is 1. The van der Waals surface area contributed by atoms with Crippen molar-refractivity contribution in [2.45, 2.75) is 19.4 Å². The van der Waals surface area contributed by atoms with Crippen molar-refractivity contribution in [1.29, 1.82) is 0 Å². The molecule has 0 fully saturated rings.